The SMILES string of the molecule is CS(=O)(=O)Nc1ccccc1C(=O)OCC(=O)Nc1ccccc1OC(F)F. The van der Waals surface area contributed by atoms with Crippen molar-refractivity contribution in [1.29, 1.82) is 0 Å². The average molecular weight is 414 g/mol. The van der Waals surface area contributed by atoms with Crippen molar-refractivity contribution in [2.45, 2.75) is 6.61 Å². The van der Waals surface area contributed by atoms with Crippen LogP contribution in [-0.4, -0.2) is 39.8 Å². The van der Waals surface area contributed by atoms with Crippen LogP contribution >= 0.6 is 0 Å². The fourth-order valence-corrected chi connectivity index (χ4v) is 2.69. The molecule has 0 radical (unpaired) electrons. The van der Waals surface area contributed by atoms with Crippen molar-refractivity contribution >= 4 is 33.3 Å². The topological polar surface area (TPSA) is 111 Å². The normalized spacial score (nSPS) is 11.0. The van der Waals surface area contributed by atoms with E-state index in [0.717, 1.165) is 6.26 Å². The van der Waals surface area contributed by atoms with Crippen LogP contribution < -0.4 is 14.8 Å². The summed E-state index contributed by atoms with van der Waals surface area (Å²) in [6.45, 7) is -3.80. The number of para-hydroxylation sites is 3. The molecule has 2 aromatic rings. The first-order valence-corrected chi connectivity index (χ1v) is 9.62. The molecule has 0 saturated heterocycles. The molecule has 0 aromatic heterocycles. The van der Waals surface area contributed by atoms with Crippen molar-refractivity contribution in [2.24, 2.45) is 0 Å². The first-order valence-electron chi connectivity index (χ1n) is 7.73. The highest BCUT2D eigenvalue weighted by Crippen LogP contribution is 2.25. The van der Waals surface area contributed by atoms with E-state index in [1.54, 1.807) is 0 Å². The van der Waals surface area contributed by atoms with Crippen LogP contribution in [0.25, 0.3) is 0 Å². The fraction of sp³-hybridized carbons (Fsp3) is 0.176. The van der Waals surface area contributed by atoms with Crippen molar-refractivity contribution in [3.63, 3.8) is 0 Å². The molecule has 0 aliphatic heterocycles. The summed E-state index contributed by atoms with van der Waals surface area (Å²) in [6.07, 6.45) is 0.918. The molecule has 0 saturated carbocycles. The van der Waals surface area contributed by atoms with Crippen LogP contribution in [0.5, 0.6) is 5.75 Å². The number of hydrogen-bond acceptors (Lipinski definition) is 6. The van der Waals surface area contributed by atoms with Crippen LogP contribution in [0.2, 0.25) is 0 Å². The Morgan fingerprint density at radius 1 is 1.04 bits per heavy atom. The fourth-order valence-electron chi connectivity index (χ4n) is 2.11. The van der Waals surface area contributed by atoms with Crippen molar-refractivity contribution in [3.05, 3.63) is 54.1 Å². The van der Waals surface area contributed by atoms with E-state index < -0.39 is 35.1 Å². The van der Waals surface area contributed by atoms with Crippen molar-refractivity contribution in [2.75, 3.05) is 22.9 Å². The van der Waals surface area contributed by atoms with E-state index in [2.05, 4.69) is 14.8 Å². The lowest BCUT2D eigenvalue weighted by Crippen LogP contribution is -2.22. The number of rotatable bonds is 8. The number of anilines is 2. The van der Waals surface area contributed by atoms with Gasteiger partial charge in [0.05, 0.1) is 23.2 Å². The molecule has 0 atom stereocenters. The number of sulfonamides is 1. The first-order chi connectivity index (χ1) is 13.2. The number of ether oxygens (including phenoxy) is 2. The molecule has 2 N–H and O–H groups in total. The van der Waals surface area contributed by atoms with E-state index >= 15 is 0 Å². The number of nitrogens with one attached hydrogen (secondary N) is 2. The van der Waals surface area contributed by atoms with Gasteiger partial charge in [-0.25, -0.2) is 13.2 Å². The molecule has 0 heterocycles. The molecule has 0 aliphatic carbocycles. The number of amides is 1. The minimum Gasteiger partial charge on any atom is -0.452 e. The molecule has 0 spiro atoms. The van der Waals surface area contributed by atoms with E-state index in [1.807, 2.05) is 0 Å². The highest BCUT2D eigenvalue weighted by atomic mass is 32.2. The Bertz CT molecular complexity index is 966. The second kappa shape index (κ2) is 9.13. The van der Waals surface area contributed by atoms with E-state index in [9.17, 15) is 26.8 Å². The lowest BCUT2D eigenvalue weighted by Gasteiger charge is -2.12. The van der Waals surface area contributed by atoms with Gasteiger partial charge >= 0.3 is 12.6 Å². The van der Waals surface area contributed by atoms with Gasteiger partial charge in [-0.3, -0.25) is 9.52 Å². The summed E-state index contributed by atoms with van der Waals surface area (Å²) >= 11 is 0. The third-order valence-corrected chi connectivity index (χ3v) is 3.74. The van der Waals surface area contributed by atoms with Crippen LogP contribution in [0, 0.1) is 0 Å². The first kappa shape index (κ1) is 21.1. The molecule has 0 unspecified atom stereocenters. The molecule has 0 fully saturated rings. The smallest absolute Gasteiger partial charge is 0.387 e. The zero-order valence-corrected chi connectivity index (χ0v) is 15.3. The summed E-state index contributed by atoms with van der Waals surface area (Å²) in [5.41, 5.74) is -0.128. The molecular formula is C17H16F2N2O6S. The molecule has 28 heavy (non-hydrogen) atoms. The quantitative estimate of drug-likeness (QED) is 0.642. The predicted molar refractivity (Wildman–Crippen MR) is 96.9 cm³/mol. The number of esters is 1. The van der Waals surface area contributed by atoms with Gasteiger partial charge in [-0.1, -0.05) is 24.3 Å². The maximum absolute atomic E-state index is 12.4. The minimum absolute atomic E-state index is 0.00825. The largest absolute Gasteiger partial charge is 0.452 e. The molecule has 1 amide bonds. The van der Waals surface area contributed by atoms with E-state index in [1.165, 1.54) is 48.5 Å². The molecule has 2 aromatic carbocycles. The monoisotopic (exact) mass is 414 g/mol. The number of carbonyl (C=O) groups excluding carboxylic acids is 2. The highest BCUT2D eigenvalue weighted by Gasteiger charge is 2.17. The number of alkyl halides is 2. The van der Waals surface area contributed by atoms with Crippen molar-refractivity contribution < 1.29 is 36.3 Å². The molecule has 0 aliphatic rings. The van der Waals surface area contributed by atoms with Gasteiger partial charge in [0.2, 0.25) is 10.0 Å². The number of carbonyl (C=O) groups is 2. The van der Waals surface area contributed by atoms with Crippen LogP contribution in [0.4, 0.5) is 20.2 Å². The Hall–Kier alpha value is -3.21. The Kier molecular flexibility index (Phi) is 6.88. The Morgan fingerprint density at radius 3 is 2.29 bits per heavy atom. The number of hydrogen-bond donors (Lipinski definition) is 2. The van der Waals surface area contributed by atoms with Gasteiger partial charge in [0.15, 0.2) is 6.61 Å². The van der Waals surface area contributed by atoms with Gasteiger partial charge in [0, 0.05) is 0 Å². The van der Waals surface area contributed by atoms with Crippen molar-refractivity contribution in [3.8, 4) is 5.75 Å². The summed E-state index contributed by atoms with van der Waals surface area (Å²) < 4.78 is 58.8. The van der Waals surface area contributed by atoms with Crippen molar-refractivity contribution in [1.82, 2.24) is 0 Å². The number of halogens is 2. The maximum atomic E-state index is 12.4. The van der Waals surface area contributed by atoms with Crippen LogP contribution in [0.1, 0.15) is 10.4 Å². The van der Waals surface area contributed by atoms with Crippen LogP contribution in [0.3, 0.4) is 0 Å². The maximum Gasteiger partial charge on any atom is 0.387 e. The van der Waals surface area contributed by atoms with Gasteiger partial charge in [-0.15, -0.1) is 0 Å². The third-order valence-electron chi connectivity index (χ3n) is 3.15. The van der Waals surface area contributed by atoms with Gasteiger partial charge in [-0.05, 0) is 24.3 Å². The summed E-state index contributed by atoms with van der Waals surface area (Å²) in [4.78, 5) is 24.1. The second-order valence-electron chi connectivity index (χ2n) is 5.42. The van der Waals surface area contributed by atoms with Gasteiger partial charge in [-0.2, -0.15) is 8.78 Å². The van der Waals surface area contributed by atoms with E-state index in [4.69, 9.17) is 4.74 Å². The van der Waals surface area contributed by atoms with E-state index in [-0.39, 0.29) is 22.7 Å². The Labute approximate surface area is 159 Å². The van der Waals surface area contributed by atoms with Crippen LogP contribution in [-0.2, 0) is 19.6 Å². The second-order valence-corrected chi connectivity index (χ2v) is 7.17. The average Bonchev–Trinajstić information content (AvgIpc) is 2.60. The van der Waals surface area contributed by atoms with Crippen LogP contribution in [0.15, 0.2) is 48.5 Å². The standard InChI is InChI=1S/C17H16F2N2O6S/c1-28(24,25)21-12-7-3-2-6-11(12)16(23)26-10-15(22)20-13-8-4-5-9-14(13)27-17(18)19/h2-9,17,21H,10H2,1H3,(H,20,22). The summed E-state index contributed by atoms with van der Waals surface area (Å²) in [5.74, 6) is -1.99. The lowest BCUT2D eigenvalue weighted by atomic mass is 10.2. The zero-order chi connectivity index (χ0) is 20.7. The molecule has 2 rings (SSSR count). The highest BCUT2D eigenvalue weighted by molar-refractivity contribution is 7.92. The summed E-state index contributed by atoms with van der Waals surface area (Å²) in [6, 6.07) is 11.2. The minimum atomic E-state index is -3.63. The zero-order valence-electron chi connectivity index (χ0n) is 14.5. The van der Waals surface area contributed by atoms with Gasteiger partial charge in [0.1, 0.15) is 5.75 Å². The molecule has 150 valence electrons. The number of benzene rings is 2. The molecule has 11 heteroatoms. The molecule has 0 bridgehead atoms. The summed E-state index contributed by atoms with van der Waals surface area (Å²) in [7, 11) is -3.63. The Morgan fingerprint density at radius 2 is 1.64 bits per heavy atom. The predicted octanol–water partition coefficient (Wildman–Crippen LogP) is 2.46. The Balaban J connectivity index is 2.02. The van der Waals surface area contributed by atoms with E-state index in [0.29, 0.717) is 0 Å². The van der Waals surface area contributed by atoms with Gasteiger partial charge < -0.3 is 14.8 Å². The summed E-state index contributed by atoms with van der Waals surface area (Å²) in [5, 5.41) is 2.29. The molecular weight excluding hydrogens is 398 g/mol. The lowest BCUT2D eigenvalue weighted by molar-refractivity contribution is -0.119. The third kappa shape index (κ3) is 6.50. The molecule has 8 nitrogen and oxygen atoms in total. The van der Waals surface area contributed by atoms with Gasteiger partial charge in [0.25, 0.3) is 5.91 Å².